The maximum Gasteiger partial charge on any atom is 0.223 e. The number of benzene rings is 2. The smallest absolute Gasteiger partial charge is 0.223 e. The molecule has 0 bridgehead atoms. The molecule has 2 saturated carbocycles. The summed E-state index contributed by atoms with van der Waals surface area (Å²) in [6.45, 7) is 4.24. The third-order valence-corrected chi connectivity index (χ3v) is 10.9. The molecule has 222 valence electrons. The zero-order valence-corrected chi connectivity index (χ0v) is 25.5. The van der Waals surface area contributed by atoms with E-state index in [0.29, 0.717) is 30.3 Å². The van der Waals surface area contributed by atoms with E-state index in [0.717, 1.165) is 59.0 Å². The molecular weight excluding hydrogens is 532 g/mol. The summed E-state index contributed by atoms with van der Waals surface area (Å²) < 4.78 is 0. The molecule has 4 aromatic rings. The molecule has 6 atom stereocenters. The van der Waals surface area contributed by atoms with Crippen molar-refractivity contribution in [2.75, 3.05) is 7.05 Å². The van der Waals surface area contributed by atoms with Crippen LogP contribution in [-0.4, -0.2) is 54.8 Å². The lowest BCUT2D eigenvalue weighted by atomic mass is 9.80. The molecule has 2 N–H and O–H groups in total. The van der Waals surface area contributed by atoms with Crippen LogP contribution in [0.15, 0.2) is 60.9 Å². The topological polar surface area (TPSA) is 80.9 Å². The van der Waals surface area contributed by atoms with E-state index < -0.39 is 0 Å². The Balaban J connectivity index is 0.955. The second-order valence-corrected chi connectivity index (χ2v) is 13.9. The molecule has 43 heavy (non-hydrogen) atoms. The van der Waals surface area contributed by atoms with Gasteiger partial charge in [0.05, 0.1) is 35.9 Å². The molecule has 2 aromatic heterocycles. The molecule has 4 fully saturated rings. The summed E-state index contributed by atoms with van der Waals surface area (Å²) in [6.07, 6.45) is 11.8. The Hall–Kier alpha value is -3.71. The van der Waals surface area contributed by atoms with Gasteiger partial charge >= 0.3 is 0 Å². The van der Waals surface area contributed by atoms with Crippen LogP contribution < -0.4 is 0 Å². The highest BCUT2D eigenvalue weighted by atomic mass is 16.2. The van der Waals surface area contributed by atoms with Crippen LogP contribution in [0.25, 0.3) is 33.6 Å². The van der Waals surface area contributed by atoms with Gasteiger partial charge in [-0.1, -0.05) is 62.4 Å². The Morgan fingerprint density at radius 2 is 1.23 bits per heavy atom. The van der Waals surface area contributed by atoms with E-state index in [9.17, 15) is 4.79 Å². The summed E-state index contributed by atoms with van der Waals surface area (Å²) in [5.41, 5.74) is 6.72. The highest BCUT2D eigenvalue weighted by Crippen LogP contribution is 2.50. The average Bonchev–Trinajstić information content (AvgIpc) is 3.74. The van der Waals surface area contributed by atoms with Crippen molar-refractivity contribution in [2.45, 2.75) is 83.0 Å². The van der Waals surface area contributed by atoms with Gasteiger partial charge in [-0.05, 0) is 85.6 Å². The summed E-state index contributed by atoms with van der Waals surface area (Å²) in [5.74, 6) is 4.15. The maximum atomic E-state index is 13.1. The van der Waals surface area contributed by atoms with Crippen molar-refractivity contribution in [1.82, 2.24) is 29.7 Å². The number of fused-ring (bicyclic) bond motifs is 2. The van der Waals surface area contributed by atoms with Crippen molar-refractivity contribution in [1.29, 1.82) is 0 Å². The Labute approximate surface area is 254 Å². The molecule has 4 heterocycles. The van der Waals surface area contributed by atoms with E-state index in [1.807, 2.05) is 12.4 Å². The van der Waals surface area contributed by atoms with Gasteiger partial charge in [-0.15, -0.1) is 0 Å². The predicted molar refractivity (Wildman–Crippen MR) is 169 cm³/mol. The highest BCUT2D eigenvalue weighted by Gasteiger charge is 2.50. The van der Waals surface area contributed by atoms with Crippen molar-refractivity contribution in [2.24, 2.45) is 17.8 Å². The van der Waals surface area contributed by atoms with Gasteiger partial charge in [0, 0.05) is 18.5 Å². The fourth-order valence-electron chi connectivity index (χ4n) is 8.22. The number of aromatic amines is 2. The standard InChI is InChI=1S/C36H42N6O/c1-21(2)16-34(43)42-31-15-13-27(31)18-33(42)36-38-20-29(40-36)25-10-6-23(7-11-25)22-4-8-24(9-5-22)28-19-37-35(39-28)32-17-26-12-14-30(26)41(32)3/h4-11,19-21,26-27,30-33H,12-18H2,1-3H3,(H,37,39)(H,38,40)/t26-,27-,30-,31-,32+,33+/m1/s1. The molecule has 2 saturated heterocycles. The van der Waals surface area contributed by atoms with Gasteiger partial charge in [0.2, 0.25) is 5.91 Å². The molecule has 4 aliphatic rings. The first-order valence-corrected chi connectivity index (χ1v) is 16.3. The minimum atomic E-state index is 0.0652. The number of carbonyl (C=O) groups is 1. The largest absolute Gasteiger partial charge is 0.341 e. The number of hydrogen-bond acceptors (Lipinski definition) is 4. The fourth-order valence-corrected chi connectivity index (χ4v) is 8.22. The first-order valence-electron chi connectivity index (χ1n) is 16.3. The number of aromatic nitrogens is 4. The third-order valence-electron chi connectivity index (χ3n) is 10.9. The van der Waals surface area contributed by atoms with Crippen LogP contribution in [0.5, 0.6) is 0 Å². The first kappa shape index (κ1) is 26.9. The summed E-state index contributed by atoms with van der Waals surface area (Å²) in [6, 6.07) is 19.1. The van der Waals surface area contributed by atoms with Gasteiger partial charge < -0.3 is 14.9 Å². The predicted octanol–water partition coefficient (Wildman–Crippen LogP) is 7.39. The van der Waals surface area contributed by atoms with Gasteiger partial charge in [0.25, 0.3) is 0 Å². The van der Waals surface area contributed by atoms with Crippen LogP contribution in [0, 0.1) is 17.8 Å². The van der Waals surface area contributed by atoms with Crippen molar-refractivity contribution in [3.63, 3.8) is 0 Å². The lowest BCUT2D eigenvalue weighted by Gasteiger charge is -2.37. The number of amides is 1. The van der Waals surface area contributed by atoms with E-state index >= 15 is 0 Å². The van der Waals surface area contributed by atoms with Crippen LogP contribution in [0.2, 0.25) is 0 Å². The molecule has 0 unspecified atom stereocenters. The number of hydrogen-bond donors (Lipinski definition) is 2. The van der Waals surface area contributed by atoms with Gasteiger partial charge in [0.15, 0.2) is 0 Å². The van der Waals surface area contributed by atoms with Crippen molar-refractivity contribution < 1.29 is 4.79 Å². The van der Waals surface area contributed by atoms with Crippen LogP contribution >= 0.6 is 0 Å². The van der Waals surface area contributed by atoms with E-state index in [1.54, 1.807) is 0 Å². The Bertz CT molecular complexity index is 1620. The molecule has 2 aliphatic carbocycles. The Kier molecular flexibility index (Phi) is 6.55. The van der Waals surface area contributed by atoms with Crippen molar-refractivity contribution in [3.8, 4) is 33.6 Å². The molecule has 2 aliphatic heterocycles. The fraction of sp³-hybridized carbons (Fsp3) is 0.472. The summed E-state index contributed by atoms with van der Waals surface area (Å²) in [5, 5.41) is 0. The number of nitrogens with zero attached hydrogens (tertiary/aromatic N) is 4. The van der Waals surface area contributed by atoms with E-state index in [2.05, 4.69) is 89.2 Å². The molecule has 1 amide bonds. The minimum absolute atomic E-state index is 0.0652. The second-order valence-electron chi connectivity index (χ2n) is 13.9. The third kappa shape index (κ3) is 4.64. The van der Waals surface area contributed by atoms with Crippen LogP contribution in [0.4, 0.5) is 0 Å². The average molecular weight is 575 g/mol. The Morgan fingerprint density at radius 3 is 1.70 bits per heavy atom. The molecular formula is C36H42N6O. The number of rotatable bonds is 7. The molecule has 0 spiro atoms. The lowest BCUT2D eigenvalue weighted by molar-refractivity contribution is -0.136. The number of nitrogens with one attached hydrogen (secondary N) is 2. The van der Waals surface area contributed by atoms with E-state index in [1.165, 1.54) is 36.8 Å². The van der Waals surface area contributed by atoms with Crippen molar-refractivity contribution in [3.05, 3.63) is 72.6 Å². The minimum Gasteiger partial charge on any atom is -0.341 e. The first-order chi connectivity index (χ1) is 20.9. The molecule has 7 nitrogen and oxygen atoms in total. The van der Waals surface area contributed by atoms with Gasteiger partial charge in [-0.3, -0.25) is 9.69 Å². The summed E-state index contributed by atoms with van der Waals surface area (Å²) >= 11 is 0. The van der Waals surface area contributed by atoms with Gasteiger partial charge in [0.1, 0.15) is 11.6 Å². The Morgan fingerprint density at radius 1 is 0.744 bits per heavy atom. The van der Waals surface area contributed by atoms with Crippen LogP contribution in [0.3, 0.4) is 0 Å². The van der Waals surface area contributed by atoms with Crippen LogP contribution in [-0.2, 0) is 4.79 Å². The molecule has 8 rings (SSSR count). The lowest BCUT2D eigenvalue weighted by Crippen LogP contribution is -2.44. The van der Waals surface area contributed by atoms with Crippen molar-refractivity contribution >= 4 is 5.91 Å². The second kappa shape index (κ2) is 10.5. The normalized spacial score (nSPS) is 28.0. The van der Waals surface area contributed by atoms with Crippen LogP contribution in [0.1, 0.15) is 82.5 Å². The quantitative estimate of drug-likeness (QED) is 0.241. The zero-order chi connectivity index (χ0) is 29.2. The molecule has 2 aromatic carbocycles. The number of imidazole rings is 2. The number of likely N-dealkylation sites (tertiary alicyclic amines) is 2. The summed E-state index contributed by atoms with van der Waals surface area (Å²) in [7, 11) is 2.26. The number of H-pyrrole nitrogens is 2. The SMILES string of the molecule is CC(C)CC(=O)N1[C@@H]2CC[C@@H]2C[C@H]1c1ncc(-c2ccc(-c3ccc(-c4cnc([C@@H]5C[C@H]6CC[C@H]6N5C)[nH]4)cc3)cc2)[nH]1. The zero-order valence-electron chi connectivity index (χ0n) is 25.5. The van der Waals surface area contributed by atoms with Gasteiger partial charge in [-0.25, -0.2) is 9.97 Å². The van der Waals surface area contributed by atoms with E-state index in [-0.39, 0.29) is 11.9 Å². The van der Waals surface area contributed by atoms with Gasteiger partial charge in [-0.2, -0.15) is 0 Å². The monoisotopic (exact) mass is 574 g/mol. The molecule has 0 radical (unpaired) electrons. The maximum absolute atomic E-state index is 13.1. The molecule has 7 heteroatoms. The number of carbonyl (C=O) groups excluding carboxylic acids is 1. The van der Waals surface area contributed by atoms with E-state index in [4.69, 9.17) is 9.97 Å². The summed E-state index contributed by atoms with van der Waals surface area (Å²) in [4.78, 5) is 34.6. The highest BCUT2D eigenvalue weighted by molar-refractivity contribution is 5.78.